The minimum Gasteiger partial charge on any atom is -0.228 e. The van der Waals surface area contributed by atoms with Crippen LogP contribution in [0.2, 0.25) is 0 Å². The first-order chi connectivity index (χ1) is 25.7. The molecule has 52 heavy (non-hydrogen) atoms. The summed E-state index contributed by atoms with van der Waals surface area (Å²) in [6.07, 6.45) is 6.77. The SMILES string of the molecule is N#Cc1ccc(-c2cc(-c3cc(-c4ccc(-c5cc(-c6ccccc6)nc(-c6ccccc6)n5)cc4)cc4ccccc34)cc3c2=CCCC=3)cc1. The average Bonchev–Trinajstić information content (AvgIpc) is 3.23. The highest BCUT2D eigenvalue weighted by molar-refractivity contribution is 6.00. The molecule has 1 aliphatic carbocycles. The van der Waals surface area contributed by atoms with Crippen LogP contribution in [0.3, 0.4) is 0 Å². The monoisotopic (exact) mass is 663 g/mol. The van der Waals surface area contributed by atoms with Gasteiger partial charge in [0.25, 0.3) is 0 Å². The number of nitriles is 1. The van der Waals surface area contributed by atoms with E-state index >= 15 is 0 Å². The van der Waals surface area contributed by atoms with Gasteiger partial charge in [-0.3, -0.25) is 0 Å². The zero-order valence-electron chi connectivity index (χ0n) is 28.5. The fourth-order valence-electron chi connectivity index (χ4n) is 7.28. The van der Waals surface area contributed by atoms with Gasteiger partial charge in [-0.05, 0) is 110 Å². The lowest BCUT2D eigenvalue weighted by Crippen LogP contribution is -2.29. The van der Waals surface area contributed by atoms with Crippen molar-refractivity contribution in [3.05, 3.63) is 180 Å². The zero-order chi connectivity index (χ0) is 34.9. The van der Waals surface area contributed by atoms with Gasteiger partial charge >= 0.3 is 0 Å². The van der Waals surface area contributed by atoms with Gasteiger partial charge in [0.1, 0.15) is 0 Å². The fourth-order valence-corrected chi connectivity index (χ4v) is 7.28. The van der Waals surface area contributed by atoms with E-state index in [1.54, 1.807) is 0 Å². The number of fused-ring (bicyclic) bond motifs is 2. The molecule has 7 aromatic carbocycles. The molecule has 0 aliphatic heterocycles. The molecule has 0 spiro atoms. The van der Waals surface area contributed by atoms with E-state index in [-0.39, 0.29) is 0 Å². The standard InChI is InChI=1S/C49H33N3/c50-32-33-19-21-35(22-20-33)45-30-42(28-40-16-8-9-17-43(40)45)46-29-41(27-39-15-7-10-18-44(39)46)34-23-25-37(26-24-34)48-31-47(36-11-3-1-4-12-36)51-49(52-48)38-13-5-2-6-14-38/h1-7,10-31H,8-9H2. The molecule has 0 amide bonds. The van der Waals surface area contributed by atoms with Crippen molar-refractivity contribution in [2.45, 2.75) is 12.8 Å². The minimum atomic E-state index is 0.669. The molecule has 0 radical (unpaired) electrons. The van der Waals surface area contributed by atoms with Crippen molar-refractivity contribution in [2.24, 2.45) is 0 Å². The van der Waals surface area contributed by atoms with E-state index in [0.29, 0.717) is 11.4 Å². The molecular formula is C49H33N3. The van der Waals surface area contributed by atoms with Crippen LogP contribution in [0.25, 0.3) is 90.2 Å². The number of aromatic nitrogens is 2. The predicted octanol–water partition coefficient (Wildman–Crippen LogP) is 10.9. The van der Waals surface area contributed by atoms with Crippen LogP contribution in [0.1, 0.15) is 18.4 Å². The summed E-state index contributed by atoms with van der Waals surface area (Å²) in [5.74, 6) is 0.709. The lowest BCUT2D eigenvalue weighted by Gasteiger charge is -2.15. The number of benzene rings is 7. The van der Waals surface area contributed by atoms with Crippen LogP contribution in [-0.2, 0) is 0 Å². The third-order valence-corrected chi connectivity index (χ3v) is 9.93. The highest BCUT2D eigenvalue weighted by Gasteiger charge is 2.14. The summed E-state index contributed by atoms with van der Waals surface area (Å²) in [5, 5.41) is 14.4. The van der Waals surface area contributed by atoms with Crippen molar-refractivity contribution in [1.29, 1.82) is 5.26 Å². The molecule has 244 valence electrons. The number of hydrogen-bond acceptors (Lipinski definition) is 3. The van der Waals surface area contributed by atoms with Crippen molar-refractivity contribution in [3.8, 4) is 73.4 Å². The maximum Gasteiger partial charge on any atom is 0.160 e. The zero-order valence-corrected chi connectivity index (χ0v) is 28.5. The van der Waals surface area contributed by atoms with Crippen molar-refractivity contribution in [1.82, 2.24) is 9.97 Å². The third kappa shape index (κ3) is 5.98. The van der Waals surface area contributed by atoms with E-state index in [1.165, 1.54) is 37.9 Å². The van der Waals surface area contributed by atoms with Crippen LogP contribution in [0.15, 0.2) is 164 Å². The average molecular weight is 664 g/mol. The Bertz CT molecular complexity index is 2700. The highest BCUT2D eigenvalue weighted by Crippen LogP contribution is 2.36. The molecule has 3 nitrogen and oxygen atoms in total. The number of rotatable bonds is 6. The topological polar surface area (TPSA) is 49.6 Å². The Balaban J connectivity index is 1.15. The van der Waals surface area contributed by atoms with Gasteiger partial charge in [0, 0.05) is 16.7 Å². The summed E-state index contributed by atoms with van der Waals surface area (Å²) in [6.45, 7) is 0. The molecule has 0 atom stereocenters. The van der Waals surface area contributed by atoms with Gasteiger partial charge in [-0.15, -0.1) is 0 Å². The van der Waals surface area contributed by atoms with Gasteiger partial charge in [0.15, 0.2) is 5.82 Å². The number of hydrogen-bond donors (Lipinski definition) is 0. The largest absolute Gasteiger partial charge is 0.228 e. The molecule has 1 heterocycles. The van der Waals surface area contributed by atoms with E-state index in [4.69, 9.17) is 9.97 Å². The van der Waals surface area contributed by atoms with Gasteiger partial charge in [-0.1, -0.05) is 133 Å². The lowest BCUT2D eigenvalue weighted by atomic mass is 9.89. The van der Waals surface area contributed by atoms with Crippen LogP contribution in [-0.4, -0.2) is 9.97 Å². The van der Waals surface area contributed by atoms with Crippen LogP contribution in [0.5, 0.6) is 0 Å². The van der Waals surface area contributed by atoms with E-state index in [1.807, 2.05) is 48.5 Å². The van der Waals surface area contributed by atoms with Crippen molar-refractivity contribution in [2.75, 3.05) is 0 Å². The predicted molar refractivity (Wildman–Crippen MR) is 214 cm³/mol. The third-order valence-electron chi connectivity index (χ3n) is 9.93. The Morgan fingerprint density at radius 3 is 1.77 bits per heavy atom. The van der Waals surface area contributed by atoms with Gasteiger partial charge in [-0.25, -0.2) is 9.97 Å². The molecule has 0 fully saturated rings. The Labute approximate surface area is 303 Å². The second-order valence-corrected chi connectivity index (χ2v) is 13.2. The van der Waals surface area contributed by atoms with Crippen molar-refractivity contribution < 1.29 is 0 Å². The minimum absolute atomic E-state index is 0.669. The first-order valence-corrected chi connectivity index (χ1v) is 17.7. The summed E-state index contributed by atoms with van der Waals surface area (Å²) in [7, 11) is 0. The Morgan fingerprint density at radius 2 is 1.04 bits per heavy atom. The van der Waals surface area contributed by atoms with Crippen LogP contribution < -0.4 is 10.4 Å². The van der Waals surface area contributed by atoms with E-state index < -0.39 is 0 Å². The van der Waals surface area contributed by atoms with Gasteiger partial charge in [0.2, 0.25) is 0 Å². The summed E-state index contributed by atoms with van der Waals surface area (Å²) >= 11 is 0. The summed E-state index contributed by atoms with van der Waals surface area (Å²) < 4.78 is 0. The van der Waals surface area contributed by atoms with E-state index in [0.717, 1.165) is 57.6 Å². The molecule has 0 saturated heterocycles. The molecule has 1 aromatic heterocycles. The van der Waals surface area contributed by atoms with Crippen LogP contribution >= 0.6 is 0 Å². The van der Waals surface area contributed by atoms with E-state index in [9.17, 15) is 5.26 Å². The molecule has 0 unspecified atom stereocenters. The lowest BCUT2D eigenvalue weighted by molar-refractivity contribution is 1.12. The van der Waals surface area contributed by atoms with Crippen molar-refractivity contribution >= 4 is 22.9 Å². The maximum absolute atomic E-state index is 9.42. The number of nitrogens with zero attached hydrogens (tertiary/aromatic N) is 3. The summed E-state index contributed by atoms with van der Waals surface area (Å²) in [4.78, 5) is 10.0. The first-order valence-electron chi connectivity index (χ1n) is 17.7. The normalized spacial score (nSPS) is 12.0. The molecule has 3 heteroatoms. The Kier molecular flexibility index (Phi) is 8.04. The molecular weight excluding hydrogens is 631 g/mol. The molecule has 9 rings (SSSR count). The second kappa shape index (κ2) is 13.4. The van der Waals surface area contributed by atoms with Crippen molar-refractivity contribution in [3.63, 3.8) is 0 Å². The second-order valence-electron chi connectivity index (χ2n) is 13.2. The Hall–Kier alpha value is -6.89. The smallest absolute Gasteiger partial charge is 0.160 e. The highest BCUT2D eigenvalue weighted by atomic mass is 14.9. The summed E-state index contributed by atoms with van der Waals surface area (Å²) in [5.41, 5.74) is 12.5. The van der Waals surface area contributed by atoms with Gasteiger partial charge in [0.05, 0.1) is 23.0 Å². The quantitative estimate of drug-likeness (QED) is 0.178. The van der Waals surface area contributed by atoms with Gasteiger partial charge in [-0.2, -0.15) is 5.26 Å². The first kappa shape index (κ1) is 31.1. The fraction of sp³-hybridized carbons (Fsp3) is 0.0408. The molecule has 0 bridgehead atoms. The summed E-state index contributed by atoms with van der Waals surface area (Å²) in [6, 6.07) is 59.5. The molecule has 0 N–H and O–H groups in total. The Morgan fingerprint density at radius 1 is 0.442 bits per heavy atom. The van der Waals surface area contributed by atoms with Crippen LogP contribution in [0.4, 0.5) is 0 Å². The molecule has 1 aliphatic rings. The molecule has 8 aromatic rings. The van der Waals surface area contributed by atoms with Gasteiger partial charge < -0.3 is 0 Å². The van der Waals surface area contributed by atoms with E-state index in [2.05, 4.69) is 133 Å². The van der Waals surface area contributed by atoms with Crippen LogP contribution in [0, 0.1) is 11.3 Å². The molecule has 0 saturated carbocycles. The maximum atomic E-state index is 9.42.